The fraction of sp³-hybridized carbons (Fsp3) is 0.684. The van der Waals surface area contributed by atoms with Crippen LogP contribution in [0.1, 0.15) is 39.2 Å². The molecule has 2 rings (SSSR count). The van der Waals surface area contributed by atoms with Crippen LogP contribution in [0.4, 0.5) is 0 Å². The minimum Gasteiger partial charge on any atom is -0.494 e. The first-order valence-corrected chi connectivity index (χ1v) is 8.59. The first-order valence-electron chi connectivity index (χ1n) is 8.59. The predicted octanol–water partition coefficient (Wildman–Crippen LogP) is 3.39. The van der Waals surface area contributed by atoms with Crippen LogP contribution in [0.2, 0.25) is 0 Å². The second-order valence-electron chi connectivity index (χ2n) is 7.48. The SMILES string of the molecule is CN1CCN(CCCCOc2cccc(C(C)(C)C)c2)CC1. The van der Waals surface area contributed by atoms with Gasteiger partial charge < -0.3 is 14.5 Å². The van der Waals surface area contributed by atoms with Crippen molar-refractivity contribution in [2.24, 2.45) is 0 Å². The summed E-state index contributed by atoms with van der Waals surface area (Å²) in [7, 11) is 2.21. The molecule has 0 aromatic heterocycles. The fourth-order valence-corrected chi connectivity index (χ4v) is 2.75. The Morgan fingerprint density at radius 3 is 2.45 bits per heavy atom. The number of nitrogens with zero attached hydrogens (tertiary/aromatic N) is 2. The molecule has 1 aliphatic rings. The normalized spacial score (nSPS) is 17.6. The monoisotopic (exact) mass is 304 g/mol. The topological polar surface area (TPSA) is 15.7 Å². The molecule has 0 spiro atoms. The van der Waals surface area contributed by atoms with Crippen LogP contribution in [-0.2, 0) is 5.41 Å². The number of rotatable bonds is 6. The van der Waals surface area contributed by atoms with Crippen molar-refractivity contribution < 1.29 is 4.74 Å². The molecule has 124 valence electrons. The molecule has 3 heteroatoms. The lowest BCUT2D eigenvalue weighted by Crippen LogP contribution is -2.44. The Kier molecular flexibility index (Phi) is 6.27. The quantitative estimate of drug-likeness (QED) is 0.749. The van der Waals surface area contributed by atoms with Crippen LogP contribution in [0.25, 0.3) is 0 Å². The van der Waals surface area contributed by atoms with E-state index in [-0.39, 0.29) is 5.41 Å². The Balaban J connectivity index is 1.64. The van der Waals surface area contributed by atoms with Gasteiger partial charge in [0.2, 0.25) is 0 Å². The van der Waals surface area contributed by atoms with Crippen molar-refractivity contribution in [2.45, 2.75) is 39.0 Å². The molecule has 0 aliphatic carbocycles. The molecule has 1 aromatic rings. The van der Waals surface area contributed by atoms with Gasteiger partial charge >= 0.3 is 0 Å². The van der Waals surface area contributed by atoms with Gasteiger partial charge in [-0.25, -0.2) is 0 Å². The zero-order chi connectivity index (χ0) is 16.0. The molecular weight excluding hydrogens is 272 g/mol. The van der Waals surface area contributed by atoms with Crippen LogP contribution < -0.4 is 4.74 Å². The second-order valence-corrected chi connectivity index (χ2v) is 7.48. The van der Waals surface area contributed by atoms with E-state index < -0.39 is 0 Å². The molecule has 0 saturated carbocycles. The van der Waals surface area contributed by atoms with Crippen LogP contribution >= 0.6 is 0 Å². The van der Waals surface area contributed by atoms with E-state index in [0.717, 1.165) is 18.8 Å². The maximum absolute atomic E-state index is 5.92. The van der Waals surface area contributed by atoms with Crippen LogP contribution in [0.5, 0.6) is 5.75 Å². The third-order valence-corrected chi connectivity index (χ3v) is 4.43. The van der Waals surface area contributed by atoms with E-state index in [2.05, 4.69) is 61.9 Å². The van der Waals surface area contributed by atoms with Gasteiger partial charge in [0.05, 0.1) is 6.61 Å². The summed E-state index contributed by atoms with van der Waals surface area (Å²) < 4.78 is 5.92. The number of piperazine rings is 1. The van der Waals surface area contributed by atoms with E-state index in [9.17, 15) is 0 Å². The summed E-state index contributed by atoms with van der Waals surface area (Å²) in [6.07, 6.45) is 2.36. The summed E-state index contributed by atoms with van der Waals surface area (Å²) in [5, 5.41) is 0. The van der Waals surface area contributed by atoms with Gasteiger partial charge in [0.1, 0.15) is 5.75 Å². The Labute approximate surface area is 136 Å². The fourth-order valence-electron chi connectivity index (χ4n) is 2.75. The van der Waals surface area contributed by atoms with Crippen LogP contribution in [0.3, 0.4) is 0 Å². The highest BCUT2D eigenvalue weighted by Crippen LogP contribution is 2.25. The van der Waals surface area contributed by atoms with Crippen LogP contribution in [-0.4, -0.2) is 56.2 Å². The number of hydrogen-bond acceptors (Lipinski definition) is 3. The van der Waals surface area contributed by atoms with E-state index in [1.807, 2.05) is 0 Å². The molecule has 1 aliphatic heterocycles. The van der Waals surface area contributed by atoms with Gasteiger partial charge in [-0.15, -0.1) is 0 Å². The van der Waals surface area contributed by atoms with Gasteiger partial charge in [-0.2, -0.15) is 0 Å². The average Bonchev–Trinajstić information content (AvgIpc) is 2.48. The highest BCUT2D eigenvalue weighted by Gasteiger charge is 2.14. The third kappa shape index (κ3) is 5.62. The highest BCUT2D eigenvalue weighted by molar-refractivity contribution is 5.32. The van der Waals surface area contributed by atoms with Crippen molar-refractivity contribution in [1.82, 2.24) is 9.80 Å². The zero-order valence-corrected chi connectivity index (χ0v) is 14.8. The number of benzene rings is 1. The summed E-state index contributed by atoms with van der Waals surface area (Å²) >= 11 is 0. The van der Waals surface area contributed by atoms with Crippen LogP contribution in [0.15, 0.2) is 24.3 Å². The van der Waals surface area contributed by atoms with Crippen LogP contribution in [0, 0.1) is 0 Å². The number of unbranched alkanes of at least 4 members (excludes halogenated alkanes) is 1. The van der Waals surface area contributed by atoms with E-state index in [1.54, 1.807) is 0 Å². The van der Waals surface area contributed by atoms with Gasteiger partial charge in [-0.3, -0.25) is 0 Å². The van der Waals surface area contributed by atoms with Crippen molar-refractivity contribution in [3.63, 3.8) is 0 Å². The molecule has 0 unspecified atom stereocenters. The molecular formula is C19H32N2O. The molecule has 0 radical (unpaired) electrons. The summed E-state index contributed by atoms with van der Waals surface area (Å²) in [5.41, 5.74) is 1.52. The van der Waals surface area contributed by atoms with Gasteiger partial charge in [-0.1, -0.05) is 32.9 Å². The van der Waals surface area contributed by atoms with Gasteiger partial charge in [-0.05, 0) is 49.5 Å². The summed E-state index contributed by atoms with van der Waals surface area (Å²) in [6, 6.07) is 8.52. The Bertz CT molecular complexity index is 445. The largest absolute Gasteiger partial charge is 0.494 e. The number of likely N-dealkylation sites (N-methyl/N-ethyl adjacent to an activating group) is 1. The Morgan fingerprint density at radius 1 is 1.05 bits per heavy atom. The summed E-state index contributed by atoms with van der Waals surface area (Å²) in [5.74, 6) is 1.01. The lowest BCUT2D eigenvalue weighted by atomic mass is 9.87. The Hall–Kier alpha value is -1.06. The van der Waals surface area contributed by atoms with Gasteiger partial charge in [0.15, 0.2) is 0 Å². The first kappa shape index (κ1) is 17.3. The molecule has 0 atom stereocenters. The summed E-state index contributed by atoms with van der Waals surface area (Å²) in [6.45, 7) is 13.6. The van der Waals surface area contributed by atoms with E-state index >= 15 is 0 Å². The summed E-state index contributed by atoms with van der Waals surface area (Å²) in [4.78, 5) is 4.97. The molecule has 0 N–H and O–H groups in total. The standard InChI is InChI=1S/C19H32N2O/c1-19(2,3)17-8-7-9-18(16-17)22-15-6-5-10-21-13-11-20(4)12-14-21/h7-9,16H,5-6,10-15H2,1-4H3. The second kappa shape index (κ2) is 7.98. The maximum Gasteiger partial charge on any atom is 0.119 e. The molecule has 1 saturated heterocycles. The van der Waals surface area contributed by atoms with E-state index in [1.165, 1.54) is 44.7 Å². The lowest BCUT2D eigenvalue weighted by Gasteiger charge is -2.32. The molecule has 1 aromatic carbocycles. The van der Waals surface area contributed by atoms with Crippen molar-refractivity contribution in [2.75, 3.05) is 46.4 Å². The lowest BCUT2D eigenvalue weighted by molar-refractivity contribution is 0.150. The maximum atomic E-state index is 5.92. The van der Waals surface area contributed by atoms with Gasteiger partial charge in [0, 0.05) is 26.2 Å². The van der Waals surface area contributed by atoms with Gasteiger partial charge in [0.25, 0.3) is 0 Å². The van der Waals surface area contributed by atoms with E-state index in [0.29, 0.717) is 0 Å². The highest BCUT2D eigenvalue weighted by atomic mass is 16.5. The molecule has 0 amide bonds. The molecule has 1 heterocycles. The van der Waals surface area contributed by atoms with E-state index in [4.69, 9.17) is 4.74 Å². The molecule has 0 bridgehead atoms. The smallest absolute Gasteiger partial charge is 0.119 e. The molecule has 1 fully saturated rings. The van der Waals surface area contributed by atoms with Crippen molar-refractivity contribution in [3.8, 4) is 5.75 Å². The van der Waals surface area contributed by atoms with Crippen molar-refractivity contribution in [3.05, 3.63) is 29.8 Å². The van der Waals surface area contributed by atoms with Crippen molar-refractivity contribution in [1.29, 1.82) is 0 Å². The zero-order valence-electron chi connectivity index (χ0n) is 14.8. The molecule has 3 nitrogen and oxygen atoms in total. The van der Waals surface area contributed by atoms with Crippen molar-refractivity contribution >= 4 is 0 Å². The number of hydrogen-bond donors (Lipinski definition) is 0. The molecule has 22 heavy (non-hydrogen) atoms. The predicted molar refractivity (Wildman–Crippen MR) is 93.8 cm³/mol. The average molecular weight is 304 g/mol. The first-order chi connectivity index (χ1) is 10.4. The Morgan fingerprint density at radius 2 is 1.77 bits per heavy atom. The number of ether oxygens (including phenoxy) is 1. The minimum atomic E-state index is 0.181. The minimum absolute atomic E-state index is 0.181. The third-order valence-electron chi connectivity index (χ3n) is 4.43.